The molecule has 0 atom stereocenters. The summed E-state index contributed by atoms with van der Waals surface area (Å²) in [4.78, 5) is 13.4. The number of non-ortho nitro benzene ring substituents is 1. The predicted molar refractivity (Wildman–Crippen MR) is 74.0 cm³/mol. The van der Waals surface area contributed by atoms with Crippen LogP contribution < -0.4 is 0 Å². The molecule has 20 heavy (non-hydrogen) atoms. The number of nitro benzene ring substituents is 1. The highest BCUT2D eigenvalue weighted by molar-refractivity contribution is 5.85. The molecule has 5 heteroatoms. The summed E-state index contributed by atoms with van der Waals surface area (Å²) < 4.78 is 13.5. The van der Waals surface area contributed by atoms with Crippen LogP contribution >= 0.6 is 0 Å². The van der Waals surface area contributed by atoms with Crippen molar-refractivity contribution in [3.63, 3.8) is 0 Å². The molecule has 0 aromatic heterocycles. The lowest BCUT2D eigenvalue weighted by molar-refractivity contribution is -0.384. The van der Waals surface area contributed by atoms with E-state index in [4.69, 9.17) is 6.57 Å². The van der Waals surface area contributed by atoms with Gasteiger partial charge in [-0.1, -0.05) is 30.3 Å². The summed E-state index contributed by atoms with van der Waals surface area (Å²) in [6.07, 6.45) is 1.42. The zero-order valence-electron chi connectivity index (χ0n) is 10.3. The molecule has 0 saturated carbocycles. The van der Waals surface area contributed by atoms with Gasteiger partial charge in [-0.3, -0.25) is 10.1 Å². The molecule has 0 aliphatic rings. The molecule has 2 rings (SSSR count). The van der Waals surface area contributed by atoms with Crippen LogP contribution in [0.4, 0.5) is 10.1 Å². The SMILES string of the molecule is [C-]#[N+]C(=Cc1ccccc1F)c1ccc([N+](=O)[O-])cc1. The van der Waals surface area contributed by atoms with Gasteiger partial charge in [0, 0.05) is 12.1 Å². The molecule has 0 aliphatic carbocycles. The molecule has 0 N–H and O–H groups in total. The Morgan fingerprint density at radius 3 is 2.40 bits per heavy atom. The predicted octanol–water partition coefficient (Wildman–Crippen LogP) is 4.15. The van der Waals surface area contributed by atoms with Gasteiger partial charge in [0.25, 0.3) is 5.69 Å². The number of rotatable bonds is 3. The first-order valence-electron chi connectivity index (χ1n) is 5.70. The summed E-state index contributed by atoms with van der Waals surface area (Å²) in [6, 6.07) is 11.7. The third kappa shape index (κ3) is 2.87. The highest BCUT2D eigenvalue weighted by Gasteiger charge is 2.08. The van der Waals surface area contributed by atoms with Crippen LogP contribution in [0.15, 0.2) is 48.5 Å². The second-order valence-corrected chi connectivity index (χ2v) is 3.97. The van der Waals surface area contributed by atoms with Crippen LogP contribution in [-0.2, 0) is 0 Å². The molecule has 2 aromatic carbocycles. The Morgan fingerprint density at radius 2 is 1.85 bits per heavy atom. The lowest BCUT2D eigenvalue weighted by Crippen LogP contribution is -1.88. The van der Waals surface area contributed by atoms with Crippen molar-refractivity contribution in [2.45, 2.75) is 0 Å². The maximum atomic E-state index is 13.5. The van der Waals surface area contributed by atoms with Crippen molar-refractivity contribution in [1.82, 2.24) is 0 Å². The molecule has 0 unspecified atom stereocenters. The Labute approximate surface area is 114 Å². The molecule has 0 heterocycles. The molecule has 0 bridgehead atoms. The Bertz CT molecular complexity index is 715. The van der Waals surface area contributed by atoms with Crippen LogP contribution in [0.2, 0.25) is 0 Å². The lowest BCUT2D eigenvalue weighted by atomic mass is 10.1. The van der Waals surface area contributed by atoms with Gasteiger partial charge >= 0.3 is 0 Å². The van der Waals surface area contributed by atoms with Crippen molar-refractivity contribution in [2.75, 3.05) is 0 Å². The van der Waals surface area contributed by atoms with Crippen LogP contribution in [0.1, 0.15) is 11.1 Å². The molecular formula is C15H9FN2O2. The molecular weight excluding hydrogens is 259 g/mol. The summed E-state index contributed by atoms with van der Waals surface area (Å²) in [5.74, 6) is -0.421. The summed E-state index contributed by atoms with van der Waals surface area (Å²) in [5.41, 5.74) is 0.986. The van der Waals surface area contributed by atoms with Crippen molar-refractivity contribution in [3.8, 4) is 0 Å². The number of nitro groups is 1. The van der Waals surface area contributed by atoms with Gasteiger partial charge in [0.15, 0.2) is 5.70 Å². The van der Waals surface area contributed by atoms with E-state index in [0.29, 0.717) is 11.1 Å². The molecule has 0 radical (unpaired) electrons. The smallest absolute Gasteiger partial charge is 0.258 e. The summed E-state index contributed by atoms with van der Waals surface area (Å²) >= 11 is 0. The van der Waals surface area contributed by atoms with Crippen molar-refractivity contribution < 1.29 is 9.31 Å². The highest BCUT2D eigenvalue weighted by atomic mass is 19.1. The summed E-state index contributed by atoms with van der Waals surface area (Å²) in [5, 5.41) is 10.6. The molecule has 0 fully saturated rings. The third-order valence-corrected chi connectivity index (χ3v) is 2.69. The van der Waals surface area contributed by atoms with Gasteiger partial charge in [0.1, 0.15) is 5.82 Å². The van der Waals surface area contributed by atoms with E-state index in [9.17, 15) is 14.5 Å². The van der Waals surface area contributed by atoms with E-state index in [1.54, 1.807) is 18.2 Å². The summed E-state index contributed by atoms with van der Waals surface area (Å²) in [7, 11) is 0. The fraction of sp³-hybridized carbons (Fsp3) is 0. The monoisotopic (exact) mass is 268 g/mol. The topological polar surface area (TPSA) is 47.5 Å². The molecule has 2 aromatic rings. The maximum absolute atomic E-state index is 13.5. The fourth-order valence-electron chi connectivity index (χ4n) is 1.67. The average Bonchev–Trinajstić information content (AvgIpc) is 2.46. The number of halogens is 1. The van der Waals surface area contributed by atoms with E-state index >= 15 is 0 Å². The minimum absolute atomic E-state index is 0.0519. The lowest BCUT2D eigenvalue weighted by Gasteiger charge is -2.01. The van der Waals surface area contributed by atoms with Crippen LogP contribution in [-0.4, -0.2) is 4.92 Å². The minimum atomic E-state index is -0.512. The molecule has 0 amide bonds. The van der Waals surface area contributed by atoms with E-state index in [1.807, 2.05) is 0 Å². The second-order valence-electron chi connectivity index (χ2n) is 3.97. The van der Waals surface area contributed by atoms with E-state index in [2.05, 4.69) is 4.85 Å². The quantitative estimate of drug-likeness (QED) is 0.363. The maximum Gasteiger partial charge on any atom is 0.269 e. The van der Waals surface area contributed by atoms with Gasteiger partial charge in [0.2, 0.25) is 0 Å². The Balaban J connectivity index is 2.41. The number of hydrogen-bond acceptors (Lipinski definition) is 2. The first kappa shape index (κ1) is 13.4. The van der Waals surface area contributed by atoms with Crippen molar-refractivity contribution in [2.24, 2.45) is 0 Å². The van der Waals surface area contributed by atoms with E-state index in [0.717, 1.165) is 0 Å². The number of hydrogen-bond donors (Lipinski definition) is 0. The molecule has 0 saturated heterocycles. The Kier molecular flexibility index (Phi) is 3.87. The van der Waals surface area contributed by atoms with Gasteiger partial charge < -0.3 is 0 Å². The molecule has 0 spiro atoms. The highest BCUT2D eigenvalue weighted by Crippen LogP contribution is 2.23. The van der Waals surface area contributed by atoms with Crippen LogP contribution in [0, 0.1) is 22.5 Å². The number of benzene rings is 2. The van der Waals surface area contributed by atoms with Crippen molar-refractivity contribution >= 4 is 17.5 Å². The van der Waals surface area contributed by atoms with E-state index < -0.39 is 10.7 Å². The van der Waals surface area contributed by atoms with Gasteiger partial charge in [0.05, 0.1) is 11.5 Å². The molecule has 0 aliphatic heterocycles. The normalized spacial score (nSPS) is 10.9. The standard InChI is InChI=1S/C15H9FN2O2/c1-17-15(10-12-4-2-3-5-14(12)16)11-6-8-13(9-7-11)18(19)20/h2-10H. The van der Waals surface area contributed by atoms with E-state index in [-0.39, 0.29) is 11.4 Å². The average molecular weight is 268 g/mol. The second kappa shape index (κ2) is 5.76. The van der Waals surface area contributed by atoms with Gasteiger partial charge in [-0.15, -0.1) is 0 Å². The largest absolute Gasteiger partial charge is 0.269 e. The third-order valence-electron chi connectivity index (χ3n) is 2.69. The van der Waals surface area contributed by atoms with Crippen LogP contribution in [0.3, 0.4) is 0 Å². The first-order chi connectivity index (χ1) is 9.61. The van der Waals surface area contributed by atoms with E-state index in [1.165, 1.54) is 36.4 Å². The van der Waals surface area contributed by atoms with Crippen LogP contribution in [0.5, 0.6) is 0 Å². The molecule has 98 valence electrons. The van der Waals surface area contributed by atoms with Crippen molar-refractivity contribution in [1.29, 1.82) is 0 Å². The Hall–Kier alpha value is -3.00. The van der Waals surface area contributed by atoms with Gasteiger partial charge in [-0.2, -0.15) is 0 Å². The van der Waals surface area contributed by atoms with Gasteiger partial charge in [-0.05, 0) is 23.3 Å². The number of nitrogens with zero attached hydrogens (tertiary/aromatic N) is 2. The van der Waals surface area contributed by atoms with Crippen molar-refractivity contribution in [3.05, 3.63) is 87.0 Å². The fourth-order valence-corrected chi connectivity index (χ4v) is 1.67. The first-order valence-corrected chi connectivity index (χ1v) is 5.70. The minimum Gasteiger partial charge on any atom is -0.258 e. The van der Waals surface area contributed by atoms with Gasteiger partial charge in [-0.25, -0.2) is 9.24 Å². The zero-order chi connectivity index (χ0) is 14.5. The summed E-state index contributed by atoms with van der Waals surface area (Å²) in [6.45, 7) is 7.16. The Morgan fingerprint density at radius 1 is 1.20 bits per heavy atom. The van der Waals surface area contributed by atoms with Crippen LogP contribution in [0.25, 0.3) is 16.6 Å². The zero-order valence-corrected chi connectivity index (χ0v) is 10.3. The molecule has 4 nitrogen and oxygen atoms in total.